The largest absolute Gasteiger partial charge is 0.478 e. The van der Waals surface area contributed by atoms with Gasteiger partial charge >= 0.3 is 17.9 Å². The van der Waals surface area contributed by atoms with Crippen molar-refractivity contribution in [2.75, 3.05) is 0 Å². The lowest BCUT2D eigenvalue weighted by molar-refractivity contribution is -0.138. The van der Waals surface area contributed by atoms with Gasteiger partial charge in [-0.05, 0) is 18.6 Å². The third-order valence-corrected chi connectivity index (χ3v) is 2.82. The minimum atomic E-state index is -1.23. The molecule has 0 radical (unpaired) electrons. The van der Waals surface area contributed by atoms with Crippen molar-refractivity contribution in [3.8, 4) is 0 Å². The monoisotopic (exact) mass is 278 g/mol. The van der Waals surface area contributed by atoms with Gasteiger partial charge in [-0.25, -0.2) is 9.59 Å². The zero-order valence-electron chi connectivity index (χ0n) is 11.4. The highest BCUT2D eigenvalue weighted by Gasteiger charge is 2.19. The first-order valence-electron chi connectivity index (χ1n) is 6.63. The standard InChI is InChI=1S/C15H18O5/c1-2-3-4-5-10-13(16)20-15(19)12-9-7-6-8-11(12)14(17)18/h6-9H,2-5,10H2,1H3,(H,17,18). The Balaban J connectivity index is 2.58. The fraction of sp³-hybridized carbons (Fsp3) is 0.400. The van der Waals surface area contributed by atoms with Crippen LogP contribution in [0.2, 0.25) is 0 Å². The van der Waals surface area contributed by atoms with E-state index in [2.05, 4.69) is 11.7 Å². The van der Waals surface area contributed by atoms with Gasteiger partial charge in [0.1, 0.15) is 0 Å². The summed E-state index contributed by atoms with van der Waals surface area (Å²) in [7, 11) is 0. The molecule has 0 spiro atoms. The van der Waals surface area contributed by atoms with E-state index in [9.17, 15) is 14.4 Å². The maximum Gasteiger partial charge on any atom is 0.346 e. The van der Waals surface area contributed by atoms with Crippen molar-refractivity contribution in [3.05, 3.63) is 35.4 Å². The SMILES string of the molecule is CCCCCCC(=O)OC(=O)c1ccccc1C(=O)O. The topological polar surface area (TPSA) is 80.7 Å². The number of carbonyl (C=O) groups excluding carboxylic acids is 2. The molecule has 0 bridgehead atoms. The van der Waals surface area contributed by atoms with Gasteiger partial charge in [0.2, 0.25) is 0 Å². The Morgan fingerprint density at radius 3 is 2.30 bits per heavy atom. The lowest BCUT2D eigenvalue weighted by Crippen LogP contribution is -2.15. The minimum Gasteiger partial charge on any atom is -0.478 e. The number of hydrogen-bond donors (Lipinski definition) is 1. The van der Waals surface area contributed by atoms with E-state index >= 15 is 0 Å². The third-order valence-electron chi connectivity index (χ3n) is 2.82. The number of esters is 2. The second-order valence-corrected chi connectivity index (χ2v) is 4.42. The van der Waals surface area contributed by atoms with E-state index in [0.717, 1.165) is 19.3 Å². The quantitative estimate of drug-likeness (QED) is 0.471. The molecule has 0 aliphatic rings. The first kappa shape index (κ1) is 15.9. The van der Waals surface area contributed by atoms with Gasteiger partial charge in [-0.1, -0.05) is 38.3 Å². The zero-order chi connectivity index (χ0) is 15.0. The molecule has 1 N–H and O–H groups in total. The number of unbranched alkanes of at least 4 members (excludes halogenated alkanes) is 3. The second-order valence-electron chi connectivity index (χ2n) is 4.42. The molecule has 0 fully saturated rings. The Morgan fingerprint density at radius 1 is 1.05 bits per heavy atom. The molecular formula is C15H18O5. The van der Waals surface area contributed by atoms with E-state index in [1.54, 1.807) is 0 Å². The zero-order valence-corrected chi connectivity index (χ0v) is 11.4. The number of carboxylic acid groups (broad SMARTS) is 1. The number of carboxylic acids is 1. The Hall–Kier alpha value is -2.17. The molecule has 1 aromatic rings. The average Bonchev–Trinajstić information content (AvgIpc) is 2.43. The third kappa shape index (κ3) is 4.84. The van der Waals surface area contributed by atoms with E-state index < -0.39 is 17.9 Å². The van der Waals surface area contributed by atoms with E-state index in [4.69, 9.17) is 5.11 Å². The van der Waals surface area contributed by atoms with Gasteiger partial charge in [-0.2, -0.15) is 0 Å². The van der Waals surface area contributed by atoms with Gasteiger partial charge in [-0.15, -0.1) is 0 Å². The molecule has 0 saturated heterocycles. The van der Waals surface area contributed by atoms with Crippen molar-refractivity contribution in [1.82, 2.24) is 0 Å². The van der Waals surface area contributed by atoms with Crippen LogP contribution in [0.15, 0.2) is 24.3 Å². The summed E-state index contributed by atoms with van der Waals surface area (Å²) in [6.45, 7) is 2.06. The van der Waals surface area contributed by atoms with Crippen LogP contribution in [0.3, 0.4) is 0 Å². The van der Waals surface area contributed by atoms with E-state index in [-0.39, 0.29) is 17.5 Å². The summed E-state index contributed by atoms with van der Waals surface area (Å²) < 4.78 is 4.67. The van der Waals surface area contributed by atoms with Gasteiger partial charge in [0.15, 0.2) is 0 Å². The molecule has 0 heterocycles. The first-order valence-corrected chi connectivity index (χ1v) is 6.63. The van der Waals surface area contributed by atoms with Crippen LogP contribution in [0.4, 0.5) is 0 Å². The van der Waals surface area contributed by atoms with Gasteiger partial charge < -0.3 is 9.84 Å². The molecule has 5 nitrogen and oxygen atoms in total. The summed E-state index contributed by atoms with van der Waals surface area (Å²) in [5.74, 6) is -2.76. The van der Waals surface area contributed by atoms with E-state index in [0.29, 0.717) is 6.42 Å². The normalized spacial score (nSPS) is 10.1. The first-order chi connectivity index (χ1) is 9.56. The van der Waals surface area contributed by atoms with Gasteiger partial charge in [0.05, 0.1) is 11.1 Å². The van der Waals surface area contributed by atoms with Gasteiger partial charge in [0, 0.05) is 6.42 Å². The number of benzene rings is 1. The summed E-state index contributed by atoms with van der Waals surface area (Å²) in [5.41, 5.74) is -0.279. The molecule has 5 heteroatoms. The lowest BCUT2D eigenvalue weighted by atomic mass is 10.1. The summed E-state index contributed by atoms with van der Waals surface area (Å²) in [4.78, 5) is 34.2. The van der Waals surface area contributed by atoms with E-state index in [1.807, 2.05) is 0 Å². The number of ether oxygens (including phenoxy) is 1. The van der Waals surface area contributed by atoms with Crippen LogP contribution < -0.4 is 0 Å². The average molecular weight is 278 g/mol. The predicted octanol–water partition coefficient (Wildman–Crippen LogP) is 3.04. The smallest absolute Gasteiger partial charge is 0.346 e. The molecule has 0 aromatic heterocycles. The Morgan fingerprint density at radius 2 is 1.70 bits per heavy atom. The number of rotatable bonds is 7. The molecular weight excluding hydrogens is 260 g/mol. The van der Waals surface area contributed by atoms with Crippen LogP contribution in [-0.4, -0.2) is 23.0 Å². The molecule has 0 aliphatic heterocycles. The van der Waals surface area contributed by atoms with Crippen molar-refractivity contribution in [2.24, 2.45) is 0 Å². The predicted molar refractivity (Wildman–Crippen MR) is 72.6 cm³/mol. The van der Waals surface area contributed by atoms with Crippen molar-refractivity contribution in [3.63, 3.8) is 0 Å². The number of carbonyl (C=O) groups is 3. The highest BCUT2D eigenvalue weighted by molar-refractivity contribution is 6.05. The van der Waals surface area contributed by atoms with Gasteiger partial charge in [0.25, 0.3) is 0 Å². The number of hydrogen-bond acceptors (Lipinski definition) is 4. The molecule has 0 amide bonds. The summed E-state index contributed by atoms with van der Waals surface area (Å²) >= 11 is 0. The van der Waals surface area contributed by atoms with E-state index in [1.165, 1.54) is 24.3 Å². The van der Waals surface area contributed by atoms with Crippen LogP contribution in [0, 0.1) is 0 Å². The number of aromatic carboxylic acids is 1. The Kier molecular flexibility index (Phi) is 6.43. The van der Waals surface area contributed by atoms with Crippen molar-refractivity contribution < 1.29 is 24.2 Å². The molecule has 108 valence electrons. The summed E-state index contributed by atoms with van der Waals surface area (Å²) in [6.07, 6.45) is 3.83. The molecule has 0 aliphatic carbocycles. The van der Waals surface area contributed by atoms with Crippen molar-refractivity contribution in [2.45, 2.75) is 39.0 Å². The maximum absolute atomic E-state index is 11.8. The molecule has 1 aromatic carbocycles. The Bertz CT molecular complexity index is 493. The fourth-order valence-corrected chi connectivity index (χ4v) is 1.75. The second kappa shape index (κ2) is 8.09. The lowest BCUT2D eigenvalue weighted by Gasteiger charge is -2.05. The van der Waals surface area contributed by atoms with Crippen molar-refractivity contribution in [1.29, 1.82) is 0 Å². The highest BCUT2D eigenvalue weighted by Crippen LogP contribution is 2.11. The van der Waals surface area contributed by atoms with Crippen LogP contribution in [0.25, 0.3) is 0 Å². The van der Waals surface area contributed by atoms with Crippen LogP contribution in [0.1, 0.15) is 59.7 Å². The molecule has 20 heavy (non-hydrogen) atoms. The van der Waals surface area contributed by atoms with Crippen molar-refractivity contribution >= 4 is 17.9 Å². The summed E-state index contributed by atoms with van der Waals surface area (Å²) in [5, 5.41) is 8.96. The Labute approximate surface area is 117 Å². The van der Waals surface area contributed by atoms with Crippen LogP contribution >= 0.6 is 0 Å². The fourth-order valence-electron chi connectivity index (χ4n) is 1.75. The summed E-state index contributed by atoms with van der Waals surface area (Å²) in [6, 6.07) is 5.66. The molecule has 1 rings (SSSR count). The maximum atomic E-state index is 11.8. The highest BCUT2D eigenvalue weighted by atomic mass is 16.6. The molecule has 0 unspecified atom stereocenters. The van der Waals surface area contributed by atoms with Crippen LogP contribution in [-0.2, 0) is 9.53 Å². The molecule has 0 atom stereocenters. The van der Waals surface area contributed by atoms with Crippen LogP contribution in [0.5, 0.6) is 0 Å². The van der Waals surface area contributed by atoms with Gasteiger partial charge in [-0.3, -0.25) is 4.79 Å². The minimum absolute atomic E-state index is 0.109. The molecule has 0 saturated carbocycles.